The second-order valence-corrected chi connectivity index (χ2v) is 5.27. The van der Waals surface area contributed by atoms with Crippen molar-refractivity contribution < 1.29 is 8.78 Å². The van der Waals surface area contributed by atoms with Crippen LogP contribution in [0.1, 0.15) is 21.6 Å². The normalized spacial score (nSPS) is 12.4. The van der Waals surface area contributed by atoms with Gasteiger partial charge in [0.1, 0.15) is 11.6 Å². The van der Waals surface area contributed by atoms with Gasteiger partial charge in [-0.25, -0.2) is 8.78 Å². The lowest BCUT2D eigenvalue weighted by Gasteiger charge is -2.11. The standard InChI is InChI=1S/C14H12BrF2N/c1-9-2-4-11(18-8-9)7-13(15)12-5-3-10(16)6-14(12)17/h2-6,8,13H,7H2,1H3. The first kappa shape index (κ1) is 13.1. The van der Waals surface area contributed by atoms with Crippen molar-refractivity contribution in [3.8, 4) is 0 Å². The number of aromatic nitrogens is 1. The second-order valence-electron chi connectivity index (χ2n) is 4.16. The van der Waals surface area contributed by atoms with Gasteiger partial charge in [0.2, 0.25) is 0 Å². The molecule has 18 heavy (non-hydrogen) atoms. The molecule has 0 fully saturated rings. The van der Waals surface area contributed by atoms with Crippen molar-refractivity contribution >= 4 is 15.9 Å². The van der Waals surface area contributed by atoms with Crippen molar-refractivity contribution in [2.24, 2.45) is 0 Å². The van der Waals surface area contributed by atoms with Gasteiger partial charge in [0, 0.05) is 34.8 Å². The first-order chi connectivity index (χ1) is 8.56. The minimum atomic E-state index is -0.565. The van der Waals surface area contributed by atoms with E-state index in [1.807, 2.05) is 19.1 Å². The SMILES string of the molecule is Cc1ccc(CC(Br)c2ccc(F)cc2F)nc1. The molecule has 0 saturated carbocycles. The zero-order valence-electron chi connectivity index (χ0n) is 9.83. The van der Waals surface area contributed by atoms with Crippen LogP contribution in [0, 0.1) is 18.6 Å². The van der Waals surface area contributed by atoms with Crippen LogP contribution in [0.2, 0.25) is 0 Å². The van der Waals surface area contributed by atoms with Gasteiger partial charge in [-0.1, -0.05) is 28.1 Å². The molecule has 1 aromatic heterocycles. The molecule has 0 aliphatic heterocycles. The molecule has 0 spiro atoms. The number of nitrogens with zero attached hydrogens (tertiary/aromatic N) is 1. The number of halogens is 3. The molecule has 0 aliphatic carbocycles. The van der Waals surface area contributed by atoms with Crippen LogP contribution in [0.3, 0.4) is 0 Å². The maximum atomic E-state index is 13.6. The Labute approximate surface area is 113 Å². The third kappa shape index (κ3) is 3.13. The molecule has 0 aliphatic rings. The van der Waals surface area contributed by atoms with Gasteiger partial charge in [0.05, 0.1) is 0 Å². The Morgan fingerprint density at radius 1 is 1.22 bits per heavy atom. The number of rotatable bonds is 3. The monoisotopic (exact) mass is 311 g/mol. The van der Waals surface area contributed by atoms with E-state index in [0.29, 0.717) is 12.0 Å². The molecular formula is C14H12BrF2N. The summed E-state index contributed by atoms with van der Waals surface area (Å²) in [4.78, 5) is 4.05. The maximum Gasteiger partial charge on any atom is 0.130 e. The van der Waals surface area contributed by atoms with Crippen molar-refractivity contribution in [2.45, 2.75) is 18.2 Å². The smallest absolute Gasteiger partial charge is 0.130 e. The summed E-state index contributed by atoms with van der Waals surface area (Å²) in [6, 6.07) is 7.48. The molecule has 2 rings (SSSR count). The van der Waals surface area contributed by atoms with E-state index in [1.165, 1.54) is 12.1 Å². The Kier molecular flexibility index (Phi) is 4.07. The predicted octanol–water partition coefficient (Wildman–Crippen LogP) is 4.35. The average molecular weight is 312 g/mol. The molecule has 1 atom stereocenters. The maximum absolute atomic E-state index is 13.6. The fraction of sp³-hybridized carbons (Fsp3) is 0.214. The fourth-order valence-electron chi connectivity index (χ4n) is 1.67. The summed E-state index contributed by atoms with van der Waals surface area (Å²) < 4.78 is 26.4. The van der Waals surface area contributed by atoms with Crippen LogP contribution < -0.4 is 0 Å². The lowest BCUT2D eigenvalue weighted by molar-refractivity contribution is 0.570. The van der Waals surface area contributed by atoms with Crippen molar-refractivity contribution in [2.75, 3.05) is 0 Å². The van der Waals surface area contributed by atoms with E-state index in [0.717, 1.165) is 17.3 Å². The molecule has 94 valence electrons. The summed E-state index contributed by atoms with van der Waals surface area (Å²) >= 11 is 3.41. The highest BCUT2D eigenvalue weighted by atomic mass is 79.9. The average Bonchev–Trinajstić information content (AvgIpc) is 2.32. The van der Waals surface area contributed by atoms with Gasteiger partial charge < -0.3 is 0 Å². The van der Waals surface area contributed by atoms with Gasteiger partial charge in [-0.2, -0.15) is 0 Å². The predicted molar refractivity (Wildman–Crippen MR) is 70.7 cm³/mol. The van der Waals surface area contributed by atoms with Crippen molar-refractivity contribution in [1.29, 1.82) is 0 Å². The van der Waals surface area contributed by atoms with Gasteiger partial charge in [-0.05, 0) is 24.6 Å². The first-order valence-corrected chi connectivity index (χ1v) is 6.48. The van der Waals surface area contributed by atoms with Crippen LogP contribution in [0.15, 0.2) is 36.5 Å². The van der Waals surface area contributed by atoms with Crippen LogP contribution in [0.25, 0.3) is 0 Å². The quantitative estimate of drug-likeness (QED) is 0.768. The number of hydrogen-bond acceptors (Lipinski definition) is 1. The van der Waals surface area contributed by atoms with Gasteiger partial charge in [-0.3, -0.25) is 4.98 Å². The van der Waals surface area contributed by atoms with E-state index in [-0.39, 0.29) is 4.83 Å². The number of hydrogen-bond donors (Lipinski definition) is 0. The largest absolute Gasteiger partial charge is 0.261 e. The molecule has 1 heterocycles. The Hall–Kier alpha value is -1.29. The van der Waals surface area contributed by atoms with E-state index in [4.69, 9.17) is 0 Å². The number of benzene rings is 1. The van der Waals surface area contributed by atoms with E-state index in [1.54, 1.807) is 6.20 Å². The van der Waals surface area contributed by atoms with Crippen molar-refractivity contribution in [3.05, 3.63) is 65.0 Å². The molecule has 0 bridgehead atoms. The summed E-state index contributed by atoms with van der Waals surface area (Å²) in [6.45, 7) is 1.96. The Bertz CT molecular complexity index is 540. The zero-order valence-corrected chi connectivity index (χ0v) is 11.4. The number of alkyl halides is 1. The van der Waals surface area contributed by atoms with E-state index >= 15 is 0 Å². The summed E-state index contributed by atoms with van der Waals surface area (Å²) in [7, 11) is 0. The first-order valence-electron chi connectivity index (χ1n) is 5.57. The van der Waals surface area contributed by atoms with Gasteiger partial charge in [-0.15, -0.1) is 0 Å². The van der Waals surface area contributed by atoms with Crippen molar-refractivity contribution in [3.63, 3.8) is 0 Å². The lowest BCUT2D eigenvalue weighted by Crippen LogP contribution is -2.01. The molecule has 0 radical (unpaired) electrons. The zero-order chi connectivity index (χ0) is 13.1. The van der Waals surface area contributed by atoms with E-state index in [9.17, 15) is 8.78 Å². The highest BCUT2D eigenvalue weighted by molar-refractivity contribution is 9.09. The Morgan fingerprint density at radius 2 is 2.00 bits per heavy atom. The van der Waals surface area contributed by atoms with Crippen LogP contribution in [0.4, 0.5) is 8.78 Å². The molecule has 2 aromatic rings. The van der Waals surface area contributed by atoms with Gasteiger partial charge in [0.15, 0.2) is 0 Å². The molecule has 4 heteroatoms. The van der Waals surface area contributed by atoms with Crippen molar-refractivity contribution in [1.82, 2.24) is 4.98 Å². The highest BCUT2D eigenvalue weighted by Gasteiger charge is 2.14. The number of pyridine rings is 1. The fourth-order valence-corrected chi connectivity index (χ4v) is 2.37. The topological polar surface area (TPSA) is 12.9 Å². The molecule has 0 saturated heterocycles. The van der Waals surface area contributed by atoms with Crippen LogP contribution in [0.5, 0.6) is 0 Å². The van der Waals surface area contributed by atoms with Gasteiger partial charge in [0.25, 0.3) is 0 Å². The second kappa shape index (κ2) is 5.57. The lowest BCUT2D eigenvalue weighted by atomic mass is 10.1. The molecular weight excluding hydrogens is 300 g/mol. The third-order valence-corrected chi connectivity index (χ3v) is 3.48. The van der Waals surface area contributed by atoms with E-state index in [2.05, 4.69) is 20.9 Å². The molecule has 0 N–H and O–H groups in total. The van der Waals surface area contributed by atoms with Crippen LogP contribution >= 0.6 is 15.9 Å². The minimum absolute atomic E-state index is 0.215. The number of aryl methyl sites for hydroxylation is 1. The molecule has 1 nitrogen and oxygen atoms in total. The highest BCUT2D eigenvalue weighted by Crippen LogP contribution is 2.28. The van der Waals surface area contributed by atoms with Crippen LogP contribution in [-0.2, 0) is 6.42 Å². The summed E-state index contributed by atoms with van der Waals surface area (Å²) in [5.74, 6) is -1.10. The summed E-state index contributed by atoms with van der Waals surface area (Å²) in [6.07, 6.45) is 2.33. The molecule has 1 unspecified atom stereocenters. The van der Waals surface area contributed by atoms with E-state index < -0.39 is 11.6 Å². The Morgan fingerprint density at radius 3 is 2.61 bits per heavy atom. The van der Waals surface area contributed by atoms with Crippen LogP contribution in [-0.4, -0.2) is 4.98 Å². The van der Waals surface area contributed by atoms with Gasteiger partial charge >= 0.3 is 0 Å². The Balaban J connectivity index is 2.16. The summed E-state index contributed by atoms with van der Waals surface area (Å²) in [5, 5.41) is 0. The molecule has 1 aromatic carbocycles. The molecule has 0 amide bonds. The third-order valence-electron chi connectivity index (χ3n) is 2.66. The minimum Gasteiger partial charge on any atom is -0.261 e. The summed E-state index contributed by atoms with van der Waals surface area (Å²) in [5.41, 5.74) is 2.39.